The third-order valence-electron chi connectivity index (χ3n) is 4.29. The van der Waals surface area contributed by atoms with Crippen LogP contribution in [0.2, 0.25) is 0 Å². The van der Waals surface area contributed by atoms with E-state index in [1.54, 1.807) is 18.3 Å². The molecule has 126 valence electrons. The first-order valence-electron chi connectivity index (χ1n) is 8.20. The number of likely N-dealkylation sites (tertiary alicyclic amines) is 1. The van der Waals surface area contributed by atoms with Crippen LogP contribution in [-0.2, 0) is 11.3 Å². The molecule has 0 saturated carbocycles. The molecule has 0 N–H and O–H groups in total. The molecule has 1 aromatic carbocycles. The van der Waals surface area contributed by atoms with Crippen LogP contribution in [0.1, 0.15) is 34.5 Å². The van der Waals surface area contributed by atoms with Crippen molar-refractivity contribution in [3.8, 4) is 0 Å². The lowest BCUT2D eigenvalue weighted by Gasteiger charge is -2.32. The summed E-state index contributed by atoms with van der Waals surface area (Å²) in [5.41, 5.74) is 2.49. The number of carbonyl (C=O) groups excluding carboxylic acids is 1. The van der Waals surface area contributed by atoms with Crippen LogP contribution in [0, 0.1) is 12.7 Å². The first-order valence-corrected chi connectivity index (χ1v) is 8.20. The first kappa shape index (κ1) is 16.6. The summed E-state index contributed by atoms with van der Waals surface area (Å²) in [6.07, 6.45) is 3.39. The van der Waals surface area contributed by atoms with Crippen LogP contribution in [0.4, 0.5) is 4.39 Å². The molecule has 5 heteroatoms. The van der Waals surface area contributed by atoms with E-state index in [-0.39, 0.29) is 17.8 Å². The number of aryl methyl sites for hydroxylation is 1. The zero-order valence-electron chi connectivity index (χ0n) is 13.7. The molecular formula is C19H21FN2O2. The fourth-order valence-corrected chi connectivity index (χ4v) is 2.80. The van der Waals surface area contributed by atoms with Gasteiger partial charge in [0.15, 0.2) is 0 Å². The van der Waals surface area contributed by atoms with Crippen LogP contribution in [0.3, 0.4) is 0 Å². The molecule has 0 radical (unpaired) electrons. The van der Waals surface area contributed by atoms with Crippen LogP contribution in [0.15, 0.2) is 42.6 Å². The molecule has 1 saturated heterocycles. The molecule has 1 fully saturated rings. The van der Waals surface area contributed by atoms with Crippen molar-refractivity contribution in [2.45, 2.75) is 32.5 Å². The van der Waals surface area contributed by atoms with E-state index in [4.69, 9.17) is 4.74 Å². The largest absolute Gasteiger partial charge is 0.373 e. The summed E-state index contributed by atoms with van der Waals surface area (Å²) in [6, 6.07) is 10.0. The maximum absolute atomic E-state index is 12.9. The highest BCUT2D eigenvalue weighted by Gasteiger charge is 2.24. The Hall–Kier alpha value is -2.27. The van der Waals surface area contributed by atoms with Gasteiger partial charge in [-0.1, -0.05) is 12.1 Å². The minimum absolute atomic E-state index is 0.0273. The van der Waals surface area contributed by atoms with Crippen molar-refractivity contribution in [2.75, 3.05) is 13.1 Å². The number of nitrogens with zero attached hydrogens (tertiary/aromatic N) is 2. The molecule has 2 heterocycles. The van der Waals surface area contributed by atoms with Gasteiger partial charge in [0.2, 0.25) is 0 Å². The van der Waals surface area contributed by atoms with Crippen LogP contribution < -0.4 is 0 Å². The third kappa shape index (κ3) is 4.17. The zero-order chi connectivity index (χ0) is 16.9. The number of halogens is 1. The Labute approximate surface area is 141 Å². The number of pyridine rings is 1. The first-order chi connectivity index (χ1) is 11.6. The van der Waals surface area contributed by atoms with Gasteiger partial charge in [0.1, 0.15) is 5.82 Å². The number of hydrogen-bond donors (Lipinski definition) is 0. The molecule has 0 aliphatic carbocycles. The molecular weight excluding hydrogens is 307 g/mol. The van der Waals surface area contributed by atoms with Gasteiger partial charge in [0, 0.05) is 25.0 Å². The quantitative estimate of drug-likeness (QED) is 0.864. The standard InChI is InChI=1S/C19H21FN2O2/c1-14-2-5-16(12-21-14)19(23)22-10-8-18(9-11-22)24-13-15-3-6-17(20)7-4-15/h2-7,12,18H,8-11,13H2,1H3. The molecule has 0 spiro atoms. The summed E-state index contributed by atoms with van der Waals surface area (Å²) in [5, 5.41) is 0. The second kappa shape index (κ2) is 7.53. The van der Waals surface area contributed by atoms with Gasteiger partial charge in [-0.05, 0) is 49.6 Å². The highest BCUT2D eigenvalue weighted by Crippen LogP contribution is 2.18. The Kier molecular flexibility index (Phi) is 5.20. The Morgan fingerprint density at radius 3 is 2.54 bits per heavy atom. The van der Waals surface area contributed by atoms with E-state index < -0.39 is 0 Å². The van der Waals surface area contributed by atoms with Crippen molar-refractivity contribution in [1.29, 1.82) is 0 Å². The van der Waals surface area contributed by atoms with E-state index in [1.165, 1.54) is 12.1 Å². The molecule has 2 aromatic rings. The predicted octanol–water partition coefficient (Wildman–Crippen LogP) is 3.35. The van der Waals surface area contributed by atoms with Crippen LogP contribution >= 0.6 is 0 Å². The van der Waals surface area contributed by atoms with Gasteiger partial charge < -0.3 is 9.64 Å². The Balaban J connectivity index is 1.47. The number of aromatic nitrogens is 1. The van der Waals surface area contributed by atoms with Crippen molar-refractivity contribution in [1.82, 2.24) is 9.88 Å². The number of ether oxygens (including phenoxy) is 1. The van der Waals surface area contributed by atoms with Gasteiger partial charge in [-0.25, -0.2) is 4.39 Å². The second-order valence-corrected chi connectivity index (χ2v) is 6.12. The Morgan fingerprint density at radius 1 is 1.21 bits per heavy atom. The van der Waals surface area contributed by atoms with Crippen LogP contribution in [0.5, 0.6) is 0 Å². The van der Waals surface area contributed by atoms with Crippen molar-refractivity contribution in [3.05, 3.63) is 65.2 Å². The number of piperidine rings is 1. The summed E-state index contributed by atoms with van der Waals surface area (Å²) in [7, 11) is 0. The van der Waals surface area contributed by atoms with Gasteiger partial charge in [0.25, 0.3) is 5.91 Å². The SMILES string of the molecule is Cc1ccc(C(=O)N2CCC(OCc3ccc(F)cc3)CC2)cn1. The highest BCUT2D eigenvalue weighted by atomic mass is 19.1. The maximum atomic E-state index is 12.9. The van der Waals surface area contributed by atoms with Crippen molar-refractivity contribution >= 4 is 5.91 Å². The average molecular weight is 328 g/mol. The molecule has 24 heavy (non-hydrogen) atoms. The molecule has 1 aliphatic heterocycles. The predicted molar refractivity (Wildman–Crippen MR) is 89.1 cm³/mol. The number of hydrogen-bond acceptors (Lipinski definition) is 3. The van der Waals surface area contributed by atoms with Gasteiger partial charge in [-0.2, -0.15) is 0 Å². The fourth-order valence-electron chi connectivity index (χ4n) is 2.80. The molecule has 1 aromatic heterocycles. The molecule has 1 aliphatic rings. The number of amides is 1. The van der Waals surface area contributed by atoms with E-state index in [2.05, 4.69) is 4.98 Å². The smallest absolute Gasteiger partial charge is 0.255 e. The van der Waals surface area contributed by atoms with Crippen molar-refractivity contribution in [3.63, 3.8) is 0 Å². The summed E-state index contributed by atoms with van der Waals surface area (Å²) >= 11 is 0. The molecule has 1 amide bonds. The maximum Gasteiger partial charge on any atom is 0.255 e. The van der Waals surface area contributed by atoms with Crippen LogP contribution in [-0.4, -0.2) is 35.0 Å². The van der Waals surface area contributed by atoms with Gasteiger partial charge >= 0.3 is 0 Å². The highest BCUT2D eigenvalue weighted by molar-refractivity contribution is 5.93. The van der Waals surface area contributed by atoms with E-state index in [0.29, 0.717) is 25.3 Å². The summed E-state index contributed by atoms with van der Waals surface area (Å²) in [6.45, 7) is 3.74. The van der Waals surface area contributed by atoms with Gasteiger partial charge in [0.05, 0.1) is 18.3 Å². The number of carbonyl (C=O) groups is 1. The van der Waals surface area contributed by atoms with E-state index in [1.807, 2.05) is 24.0 Å². The molecule has 3 rings (SSSR count). The number of benzene rings is 1. The fraction of sp³-hybridized carbons (Fsp3) is 0.368. The van der Waals surface area contributed by atoms with Crippen molar-refractivity contribution in [2.24, 2.45) is 0 Å². The van der Waals surface area contributed by atoms with E-state index >= 15 is 0 Å². The van der Waals surface area contributed by atoms with Crippen LogP contribution in [0.25, 0.3) is 0 Å². The van der Waals surface area contributed by atoms with Gasteiger partial charge in [-0.15, -0.1) is 0 Å². The molecule has 0 atom stereocenters. The monoisotopic (exact) mass is 328 g/mol. The topological polar surface area (TPSA) is 42.4 Å². The third-order valence-corrected chi connectivity index (χ3v) is 4.29. The van der Waals surface area contributed by atoms with E-state index in [0.717, 1.165) is 24.1 Å². The number of rotatable bonds is 4. The van der Waals surface area contributed by atoms with Crippen molar-refractivity contribution < 1.29 is 13.9 Å². The summed E-state index contributed by atoms with van der Waals surface area (Å²) in [4.78, 5) is 18.5. The van der Waals surface area contributed by atoms with Gasteiger partial charge in [-0.3, -0.25) is 9.78 Å². The molecule has 0 bridgehead atoms. The second-order valence-electron chi connectivity index (χ2n) is 6.12. The lowest BCUT2D eigenvalue weighted by molar-refractivity contribution is -0.000400. The Bertz CT molecular complexity index is 678. The lowest BCUT2D eigenvalue weighted by atomic mass is 10.1. The molecule has 0 unspecified atom stereocenters. The normalized spacial score (nSPS) is 15.5. The lowest BCUT2D eigenvalue weighted by Crippen LogP contribution is -2.40. The summed E-state index contributed by atoms with van der Waals surface area (Å²) < 4.78 is 18.8. The summed E-state index contributed by atoms with van der Waals surface area (Å²) in [5.74, 6) is -0.212. The van der Waals surface area contributed by atoms with E-state index in [9.17, 15) is 9.18 Å². The average Bonchev–Trinajstić information content (AvgIpc) is 2.62. The minimum atomic E-state index is -0.240. The minimum Gasteiger partial charge on any atom is -0.373 e. The zero-order valence-corrected chi connectivity index (χ0v) is 13.7. The molecule has 4 nitrogen and oxygen atoms in total. The Morgan fingerprint density at radius 2 is 1.92 bits per heavy atom.